The van der Waals surface area contributed by atoms with Gasteiger partial charge in [0.2, 0.25) is 0 Å². The van der Waals surface area contributed by atoms with E-state index in [0.717, 1.165) is 11.3 Å². The minimum Gasteiger partial charge on any atom is -0.478 e. The van der Waals surface area contributed by atoms with E-state index in [0.29, 0.717) is 10.8 Å². The molecule has 0 saturated carbocycles. The van der Waals surface area contributed by atoms with Gasteiger partial charge < -0.3 is 14.8 Å². The van der Waals surface area contributed by atoms with Crippen LogP contribution in [0.1, 0.15) is 29.1 Å². The number of amides is 2. The number of thiophene rings is 1. The quantitative estimate of drug-likeness (QED) is 0.803. The molecule has 0 radical (unpaired) electrons. The van der Waals surface area contributed by atoms with Crippen molar-refractivity contribution in [2.45, 2.75) is 13.0 Å². The molecular formula is C12H12N2O4S. The minimum absolute atomic E-state index is 0.0748. The maximum absolute atomic E-state index is 11.7. The SMILES string of the molecule is C[C@@H](NC(=O)Nc1sccc1C(=O)O)c1ccco1. The Morgan fingerprint density at radius 1 is 1.42 bits per heavy atom. The highest BCUT2D eigenvalue weighted by Crippen LogP contribution is 2.23. The molecule has 0 saturated heterocycles. The molecule has 0 aromatic carbocycles. The van der Waals surface area contributed by atoms with Crippen molar-refractivity contribution >= 4 is 28.3 Å². The molecule has 6 nitrogen and oxygen atoms in total. The normalized spacial score (nSPS) is 11.8. The van der Waals surface area contributed by atoms with E-state index in [4.69, 9.17) is 9.52 Å². The summed E-state index contributed by atoms with van der Waals surface area (Å²) >= 11 is 1.15. The first kappa shape index (κ1) is 13.2. The lowest BCUT2D eigenvalue weighted by Crippen LogP contribution is -2.31. The van der Waals surface area contributed by atoms with Crippen molar-refractivity contribution in [3.05, 3.63) is 41.2 Å². The lowest BCUT2D eigenvalue weighted by atomic mass is 10.2. The Hall–Kier alpha value is -2.28. The topological polar surface area (TPSA) is 91.6 Å². The highest BCUT2D eigenvalue weighted by atomic mass is 32.1. The van der Waals surface area contributed by atoms with Crippen LogP contribution in [0.2, 0.25) is 0 Å². The van der Waals surface area contributed by atoms with Gasteiger partial charge in [-0.05, 0) is 30.5 Å². The van der Waals surface area contributed by atoms with Gasteiger partial charge in [0.15, 0.2) is 0 Å². The maximum Gasteiger partial charge on any atom is 0.338 e. The zero-order valence-corrected chi connectivity index (χ0v) is 10.9. The first-order chi connectivity index (χ1) is 9.08. The van der Waals surface area contributed by atoms with Crippen molar-refractivity contribution < 1.29 is 19.1 Å². The maximum atomic E-state index is 11.7. The molecule has 0 aliphatic carbocycles. The second-order valence-corrected chi connectivity index (χ2v) is 4.72. The number of rotatable bonds is 4. The van der Waals surface area contributed by atoms with Crippen LogP contribution in [-0.2, 0) is 0 Å². The Bertz CT molecular complexity index is 576. The first-order valence-electron chi connectivity index (χ1n) is 5.49. The van der Waals surface area contributed by atoms with E-state index in [1.807, 2.05) is 0 Å². The van der Waals surface area contributed by atoms with Gasteiger partial charge in [-0.15, -0.1) is 11.3 Å². The Labute approximate surface area is 113 Å². The summed E-state index contributed by atoms with van der Waals surface area (Å²) in [6.45, 7) is 1.77. The number of hydrogen-bond acceptors (Lipinski definition) is 4. The average Bonchev–Trinajstić information content (AvgIpc) is 2.98. The third kappa shape index (κ3) is 3.14. The van der Waals surface area contributed by atoms with Crippen LogP contribution in [0, 0.1) is 0 Å². The highest BCUT2D eigenvalue weighted by molar-refractivity contribution is 7.14. The van der Waals surface area contributed by atoms with E-state index in [2.05, 4.69) is 10.6 Å². The van der Waals surface area contributed by atoms with Crippen LogP contribution >= 0.6 is 11.3 Å². The van der Waals surface area contributed by atoms with Gasteiger partial charge in [0.1, 0.15) is 10.8 Å². The number of carbonyl (C=O) groups excluding carboxylic acids is 1. The molecule has 0 fully saturated rings. The lowest BCUT2D eigenvalue weighted by molar-refractivity contribution is 0.0698. The molecule has 100 valence electrons. The van der Waals surface area contributed by atoms with Crippen molar-refractivity contribution in [1.82, 2.24) is 5.32 Å². The van der Waals surface area contributed by atoms with Crippen LogP contribution < -0.4 is 10.6 Å². The molecular weight excluding hydrogens is 268 g/mol. The third-order valence-electron chi connectivity index (χ3n) is 2.44. The lowest BCUT2D eigenvalue weighted by Gasteiger charge is -2.12. The molecule has 2 aromatic heterocycles. The molecule has 0 bridgehead atoms. The minimum atomic E-state index is -1.07. The summed E-state index contributed by atoms with van der Waals surface area (Å²) in [7, 11) is 0. The fourth-order valence-corrected chi connectivity index (χ4v) is 2.29. The van der Waals surface area contributed by atoms with Crippen LogP contribution in [0.25, 0.3) is 0 Å². The summed E-state index contributed by atoms with van der Waals surface area (Å²) in [5.74, 6) is -0.449. The fourth-order valence-electron chi connectivity index (χ4n) is 1.52. The average molecular weight is 280 g/mol. The molecule has 0 unspecified atom stereocenters. The molecule has 2 heterocycles. The predicted molar refractivity (Wildman–Crippen MR) is 70.6 cm³/mol. The zero-order valence-electron chi connectivity index (χ0n) is 10.0. The van der Waals surface area contributed by atoms with E-state index in [9.17, 15) is 9.59 Å². The first-order valence-corrected chi connectivity index (χ1v) is 6.37. The Kier molecular flexibility index (Phi) is 3.86. The van der Waals surface area contributed by atoms with Crippen LogP contribution in [0.15, 0.2) is 34.3 Å². The van der Waals surface area contributed by atoms with Crippen LogP contribution in [-0.4, -0.2) is 17.1 Å². The van der Waals surface area contributed by atoms with Gasteiger partial charge in [-0.25, -0.2) is 9.59 Å². The second-order valence-electron chi connectivity index (χ2n) is 3.80. The number of furan rings is 1. The molecule has 0 aliphatic rings. The second kappa shape index (κ2) is 5.57. The van der Waals surface area contributed by atoms with Crippen molar-refractivity contribution in [2.24, 2.45) is 0 Å². The van der Waals surface area contributed by atoms with E-state index in [1.54, 1.807) is 24.4 Å². The van der Waals surface area contributed by atoms with Gasteiger partial charge in [-0.1, -0.05) is 0 Å². The molecule has 2 amide bonds. The number of anilines is 1. The summed E-state index contributed by atoms with van der Waals surface area (Å²) in [6.07, 6.45) is 1.52. The summed E-state index contributed by atoms with van der Waals surface area (Å²) in [4.78, 5) is 22.6. The van der Waals surface area contributed by atoms with Crippen LogP contribution in [0.5, 0.6) is 0 Å². The van der Waals surface area contributed by atoms with Crippen molar-refractivity contribution in [1.29, 1.82) is 0 Å². The van der Waals surface area contributed by atoms with Crippen LogP contribution in [0.3, 0.4) is 0 Å². The van der Waals surface area contributed by atoms with Crippen molar-refractivity contribution in [3.8, 4) is 0 Å². The molecule has 19 heavy (non-hydrogen) atoms. The number of nitrogens with one attached hydrogen (secondary N) is 2. The molecule has 0 aliphatic heterocycles. The summed E-state index contributed by atoms with van der Waals surface area (Å²) in [6, 6.07) is 4.14. The molecule has 1 atom stereocenters. The van der Waals surface area contributed by atoms with E-state index < -0.39 is 12.0 Å². The van der Waals surface area contributed by atoms with Gasteiger partial charge >= 0.3 is 12.0 Å². The number of urea groups is 1. The summed E-state index contributed by atoms with van der Waals surface area (Å²) < 4.78 is 5.16. The number of carbonyl (C=O) groups is 2. The van der Waals surface area contributed by atoms with Gasteiger partial charge in [0, 0.05) is 0 Å². The number of carboxylic acid groups (broad SMARTS) is 1. The van der Waals surface area contributed by atoms with Crippen molar-refractivity contribution in [3.63, 3.8) is 0 Å². The third-order valence-corrected chi connectivity index (χ3v) is 3.27. The Balaban J connectivity index is 1.98. The van der Waals surface area contributed by atoms with E-state index in [1.165, 1.54) is 12.3 Å². The largest absolute Gasteiger partial charge is 0.478 e. The highest BCUT2D eigenvalue weighted by Gasteiger charge is 2.16. The molecule has 0 spiro atoms. The van der Waals surface area contributed by atoms with Gasteiger partial charge in [0.05, 0.1) is 17.9 Å². The monoisotopic (exact) mass is 280 g/mol. The molecule has 7 heteroatoms. The van der Waals surface area contributed by atoms with Gasteiger partial charge in [-0.3, -0.25) is 5.32 Å². The van der Waals surface area contributed by atoms with E-state index >= 15 is 0 Å². The predicted octanol–water partition coefficient (Wildman–Crippen LogP) is 2.92. The smallest absolute Gasteiger partial charge is 0.338 e. The number of aromatic carboxylic acids is 1. The van der Waals surface area contributed by atoms with Gasteiger partial charge in [-0.2, -0.15) is 0 Å². The number of carboxylic acids is 1. The van der Waals surface area contributed by atoms with Gasteiger partial charge in [0.25, 0.3) is 0 Å². The van der Waals surface area contributed by atoms with Crippen LogP contribution in [0.4, 0.5) is 9.80 Å². The standard InChI is InChI=1S/C12H12N2O4S/c1-7(9-3-2-5-18-9)13-12(17)14-10-8(11(15)16)4-6-19-10/h2-7H,1H3,(H,15,16)(H2,13,14,17)/t7-/m1/s1. The molecule has 3 N–H and O–H groups in total. The summed E-state index contributed by atoms with van der Waals surface area (Å²) in [5, 5.41) is 16.0. The molecule has 2 aromatic rings. The fraction of sp³-hybridized carbons (Fsp3) is 0.167. The molecule has 2 rings (SSSR count). The van der Waals surface area contributed by atoms with E-state index in [-0.39, 0.29) is 11.6 Å². The number of hydrogen-bond donors (Lipinski definition) is 3. The Morgan fingerprint density at radius 3 is 2.84 bits per heavy atom. The summed E-state index contributed by atoms with van der Waals surface area (Å²) in [5.41, 5.74) is 0.0748. The Morgan fingerprint density at radius 2 is 2.21 bits per heavy atom. The van der Waals surface area contributed by atoms with Crippen molar-refractivity contribution in [2.75, 3.05) is 5.32 Å². The zero-order chi connectivity index (χ0) is 13.8.